The highest BCUT2D eigenvalue weighted by Crippen LogP contribution is 2.67. The predicted octanol–water partition coefficient (Wildman–Crippen LogP) is 4.54. The zero-order valence-electron chi connectivity index (χ0n) is 24.0. The van der Waals surface area contributed by atoms with Crippen molar-refractivity contribution in [2.75, 3.05) is 52.9 Å². The Kier molecular flexibility index (Phi) is 6.35. The molecule has 0 radical (unpaired) electrons. The molecule has 4 aliphatic heterocycles. The molecular weight excluding hydrogens is 536 g/mol. The molecule has 0 spiro atoms. The highest BCUT2D eigenvalue weighted by molar-refractivity contribution is 5.58. The van der Waals surface area contributed by atoms with E-state index in [1.54, 1.807) is 0 Å². The lowest BCUT2D eigenvalue weighted by atomic mass is 9.42. The third-order valence-corrected chi connectivity index (χ3v) is 10.6. The summed E-state index contributed by atoms with van der Waals surface area (Å²) in [5, 5.41) is 0. The number of ether oxygens (including phenoxy) is 8. The second-order valence-electron chi connectivity index (χ2n) is 13.6. The number of epoxide rings is 4. The lowest BCUT2D eigenvalue weighted by molar-refractivity contribution is -0.0438. The van der Waals surface area contributed by atoms with E-state index in [2.05, 4.69) is 36.4 Å². The van der Waals surface area contributed by atoms with E-state index in [-0.39, 0.29) is 29.8 Å². The van der Waals surface area contributed by atoms with Crippen LogP contribution >= 0.6 is 0 Å². The molecule has 8 nitrogen and oxygen atoms in total. The van der Waals surface area contributed by atoms with Gasteiger partial charge in [0.1, 0.15) is 73.8 Å². The highest BCUT2D eigenvalue weighted by atomic mass is 16.6. The van der Waals surface area contributed by atoms with Crippen molar-refractivity contribution in [1.82, 2.24) is 0 Å². The summed E-state index contributed by atoms with van der Waals surface area (Å²) in [6.07, 6.45) is 7.12. The van der Waals surface area contributed by atoms with Crippen molar-refractivity contribution in [2.45, 2.75) is 61.9 Å². The second kappa shape index (κ2) is 10.3. The first kappa shape index (κ1) is 25.9. The van der Waals surface area contributed by atoms with E-state index in [0.717, 1.165) is 61.3 Å². The molecule has 4 bridgehead atoms. The first-order chi connectivity index (χ1) is 20.7. The van der Waals surface area contributed by atoms with E-state index in [1.807, 2.05) is 0 Å². The highest BCUT2D eigenvalue weighted by Gasteiger charge is 2.60. The molecule has 8 aliphatic rings. The van der Waals surface area contributed by atoms with Gasteiger partial charge < -0.3 is 37.9 Å². The van der Waals surface area contributed by atoms with Gasteiger partial charge in [-0.15, -0.1) is 0 Å². The van der Waals surface area contributed by atoms with Crippen LogP contribution in [0.25, 0.3) is 0 Å². The van der Waals surface area contributed by atoms with Gasteiger partial charge in [0.2, 0.25) is 0 Å². The van der Waals surface area contributed by atoms with E-state index in [9.17, 15) is 0 Å². The fourth-order valence-electron chi connectivity index (χ4n) is 8.46. The summed E-state index contributed by atoms with van der Waals surface area (Å²) in [5.41, 5.74) is 2.31. The molecule has 8 heteroatoms. The molecule has 4 saturated carbocycles. The minimum atomic E-state index is -0.219. The third-order valence-electron chi connectivity index (χ3n) is 10.6. The molecule has 0 N–H and O–H groups in total. The number of hydrogen-bond acceptors (Lipinski definition) is 8. The van der Waals surface area contributed by atoms with Gasteiger partial charge in [0.05, 0.1) is 26.4 Å². The van der Waals surface area contributed by atoms with Crippen molar-refractivity contribution >= 4 is 0 Å². The third kappa shape index (κ3) is 5.04. The summed E-state index contributed by atoms with van der Waals surface area (Å²) in [5.74, 6) is 6.15. The molecule has 10 rings (SSSR count). The quantitative estimate of drug-likeness (QED) is 0.303. The van der Waals surface area contributed by atoms with Crippen LogP contribution in [0.1, 0.15) is 43.2 Å². The van der Waals surface area contributed by atoms with Crippen LogP contribution in [0, 0.1) is 23.7 Å². The van der Waals surface area contributed by atoms with E-state index in [4.69, 9.17) is 37.9 Å². The van der Waals surface area contributed by atoms with Crippen molar-refractivity contribution in [1.29, 1.82) is 0 Å². The van der Waals surface area contributed by atoms with E-state index in [0.29, 0.717) is 38.3 Å². The van der Waals surface area contributed by atoms with Crippen LogP contribution in [0.2, 0.25) is 0 Å². The average Bonchev–Trinajstić information content (AvgIpc) is 3.81. The maximum Gasteiger partial charge on any atom is 0.127 e. The van der Waals surface area contributed by atoms with Crippen molar-refractivity contribution in [3.05, 3.63) is 47.5 Å². The molecule has 224 valence electrons. The van der Waals surface area contributed by atoms with Gasteiger partial charge in [-0.1, -0.05) is 12.1 Å². The van der Waals surface area contributed by atoms with Crippen molar-refractivity contribution in [3.8, 4) is 23.0 Å². The first-order valence-corrected chi connectivity index (χ1v) is 16.0. The van der Waals surface area contributed by atoms with Crippen molar-refractivity contribution < 1.29 is 37.9 Å². The molecule has 2 aromatic carbocycles. The van der Waals surface area contributed by atoms with E-state index >= 15 is 0 Å². The van der Waals surface area contributed by atoms with Crippen LogP contribution in [0.4, 0.5) is 0 Å². The molecule has 8 fully saturated rings. The summed E-state index contributed by atoms with van der Waals surface area (Å²) in [6, 6.07) is 13.1. The Balaban J connectivity index is 1.15. The largest absolute Gasteiger partial charge is 0.491 e. The molecular formula is C34H40O8. The van der Waals surface area contributed by atoms with Gasteiger partial charge in [0.15, 0.2) is 0 Å². The zero-order chi connectivity index (χ0) is 27.7. The van der Waals surface area contributed by atoms with Gasteiger partial charge in [0.25, 0.3) is 0 Å². The lowest BCUT2D eigenvalue weighted by Gasteiger charge is -2.62. The minimum Gasteiger partial charge on any atom is -0.491 e. The maximum atomic E-state index is 6.64. The molecule has 0 aromatic heterocycles. The SMILES string of the molecule is c1cc(C2(c3ccc(OCC4CO4)cc3OCC3CO3)C3CC4CC(C3)CC2C4)c(OCC2CO2)cc1OCC1CO1. The van der Waals surface area contributed by atoms with Crippen LogP contribution in [0.3, 0.4) is 0 Å². The average molecular weight is 577 g/mol. The lowest BCUT2D eigenvalue weighted by Crippen LogP contribution is -2.56. The normalized spacial score (nSPS) is 38.2. The Labute approximate surface area is 246 Å². The van der Waals surface area contributed by atoms with Crippen molar-refractivity contribution in [2.24, 2.45) is 23.7 Å². The summed E-state index contributed by atoms with van der Waals surface area (Å²) >= 11 is 0. The van der Waals surface area contributed by atoms with Gasteiger partial charge in [-0.05, 0) is 67.9 Å². The molecule has 4 heterocycles. The standard InChI is InChI=1S/C34H40O8/c1-3-30(32(41-18-28-16-39-28)10-24(1)35-12-26-14-37-26)34(22-6-20-5-21(8-22)9-23(34)7-20)31-4-2-25(36-13-27-15-38-27)11-33(31)42-19-29-17-40-29/h1-4,10-11,20-23,26-29H,5-9,12-19H2. The van der Waals surface area contributed by atoms with Gasteiger partial charge in [-0.2, -0.15) is 0 Å². The summed E-state index contributed by atoms with van der Waals surface area (Å²) in [7, 11) is 0. The fourth-order valence-corrected chi connectivity index (χ4v) is 8.46. The van der Waals surface area contributed by atoms with Gasteiger partial charge >= 0.3 is 0 Å². The summed E-state index contributed by atoms with van der Waals surface area (Å²) in [6.45, 7) is 5.32. The smallest absolute Gasteiger partial charge is 0.127 e. The van der Waals surface area contributed by atoms with Gasteiger partial charge in [-0.3, -0.25) is 0 Å². The Hall–Kier alpha value is -2.52. The Morgan fingerprint density at radius 1 is 0.524 bits per heavy atom. The Morgan fingerprint density at radius 2 is 0.905 bits per heavy atom. The second-order valence-corrected chi connectivity index (χ2v) is 13.6. The van der Waals surface area contributed by atoms with Crippen LogP contribution in [0.5, 0.6) is 23.0 Å². The van der Waals surface area contributed by atoms with Gasteiger partial charge in [0, 0.05) is 28.7 Å². The molecule has 42 heavy (non-hydrogen) atoms. The zero-order valence-corrected chi connectivity index (χ0v) is 24.0. The Bertz CT molecular complexity index is 1200. The number of rotatable bonds is 14. The maximum absolute atomic E-state index is 6.64. The Morgan fingerprint density at radius 3 is 1.29 bits per heavy atom. The van der Waals surface area contributed by atoms with Crippen LogP contribution in [-0.2, 0) is 24.4 Å². The molecule has 4 saturated heterocycles. The van der Waals surface area contributed by atoms with Crippen LogP contribution < -0.4 is 18.9 Å². The molecule has 0 amide bonds. The number of benzene rings is 2. The first-order valence-electron chi connectivity index (χ1n) is 16.0. The van der Waals surface area contributed by atoms with Crippen molar-refractivity contribution in [3.63, 3.8) is 0 Å². The molecule has 4 atom stereocenters. The topological polar surface area (TPSA) is 87.0 Å². The molecule has 4 unspecified atom stereocenters. The minimum absolute atomic E-state index is 0.168. The summed E-state index contributed by atoms with van der Waals surface area (Å²) < 4.78 is 47.5. The molecule has 4 aliphatic carbocycles. The van der Waals surface area contributed by atoms with Gasteiger partial charge in [-0.25, -0.2) is 0 Å². The van der Waals surface area contributed by atoms with E-state index < -0.39 is 0 Å². The fraction of sp³-hybridized carbons (Fsp3) is 0.647. The predicted molar refractivity (Wildman–Crippen MR) is 152 cm³/mol. The molecule has 2 aromatic rings. The monoisotopic (exact) mass is 576 g/mol. The van der Waals surface area contributed by atoms with Crippen LogP contribution in [0.15, 0.2) is 36.4 Å². The number of hydrogen-bond donors (Lipinski definition) is 0. The summed E-state index contributed by atoms with van der Waals surface area (Å²) in [4.78, 5) is 0. The van der Waals surface area contributed by atoms with E-state index in [1.165, 1.54) is 43.2 Å². The van der Waals surface area contributed by atoms with Crippen LogP contribution in [-0.4, -0.2) is 77.3 Å².